The fourth-order valence-corrected chi connectivity index (χ4v) is 2.09. The highest BCUT2D eigenvalue weighted by molar-refractivity contribution is 7.16. The molecule has 2 aromatic rings. The minimum atomic E-state index is -0.152. The summed E-state index contributed by atoms with van der Waals surface area (Å²) >= 11 is 6.97. The molecule has 1 aromatic heterocycles. The standard InChI is InChI=1S/C10H9ClN2OS/c11-4-10(14)12-5-7-1-2-8-9(3-7)15-6-13-8/h1-3,6H,4-5H2,(H,12,14). The number of nitrogens with zero attached hydrogens (tertiary/aromatic N) is 1. The third-order valence-corrected chi connectivity index (χ3v) is 3.04. The molecule has 1 amide bonds. The number of alkyl halides is 1. The van der Waals surface area contributed by atoms with Crippen LogP contribution in [0, 0.1) is 0 Å². The van der Waals surface area contributed by atoms with Crippen LogP contribution in [0.4, 0.5) is 0 Å². The van der Waals surface area contributed by atoms with Crippen LogP contribution in [0.15, 0.2) is 23.7 Å². The number of benzene rings is 1. The lowest BCUT2D eigenvalue weighted by Crippen LogP contribution is -2.23. The first-order valence-electron chi connectivity index (χ1n) is 4.44. The van der Waals surface area contributed by atoms with E-state index in [0.717, 1.165) is 15.8 Å². The van der Waals surface area contributed by atoms with Gasteiger partial charge >= 0.3 is 0 Å². The molecule has 0 spiro atoms. The molecule has 1 aromatic carbocycles. The molecule has 0 unspecified atom stereocenters. The van der Waals surface area contributed by atoms with E-state index in [1.807, 2.05) is 23.7 Å². The van der Waals surface area contributed by atoms with Gasteiger partial charge in [-0.25, -0.2) is 4.98 Å². The van der Waals surface area contributed by atoms with Crippen molar-refractivity contribution in [1.82, 2.24) is 10.3 Å². The average Bonchev–Trinajstić information content (AvgIpc) is 2.72. The van der Waals surface area contributed by atoms with Gasteiger partial charge < -0.3 is 5.32 Å². The number of carbonyl (C=O) groups is 1. The van der Waals surface area contributed by atoms with Crippen molar-refractivity contribution in [2.24, 2.45) is 0 Å². The lowest BCUT2D eigenvalue weighted by atomic mass is 10.2. The van der Waals surface area contributed by atoms with Gasteiger partial charge in [0.05, 0.1) is 15.7 Å². The number of nitrogens with one attached hydrogen (secondary N) is 1. The minimum absolute atomic E-state index is 0.00278. The predicted octanol–water partition coefficient (Wildman–Crippen LogP) is 2.15. The number of amides is 1. The topological polar surface area (TPSA) is 42.0 Å². The maximum absolute atomic E-state index is 10.9. The molecule has 0 aliphatic rings. The number of carbonyl (C=O) groups excluding carboxylic acids is 1. The van der Waals surface area contributed by atoms with Crippen molar-refractivity contribution in [1.29, 1.82) is 0 Å². The molecule has 0 saturated heterocycles. The molecule has 0 aliphatic heterocycles. The average molecular weight is 241 g/mol. The second-order valence-corrected chi connectivity index (χ2v) is 4.22. The van der Waals surface area contributed by atoms with Crippen LogP contribution in [-0.4, -0.2) is 16.8 Å². The molecule has 5 heteroatoms. The Morgan fingerprint density at radius 3 is 3.20 bits per heavy atom. The number of thiazole rings is 1. The molecule has 0 aliphatic carbocycles. The van der Waals surface area contributed by atoms with Gasteiger partial charge in [-0.15, -0.1) is 22.9 Å². The quantitative estimate of drug-likeness (QED) is 0.836. The summed E-state index contributed by atoms with van der Waals surface area (Å²) in [5.74, 6) is -0.149. The number of aromatic nitrogens is 1. The fraction of sp³-hybridized carbons (Fsp3) is 0.200. The number of fused-ring (bicyclic) bond motifs is 1. The molecule has 2 rings (SSSR count). The Labute approximate surface area is 96.1 Å². The van der Waals surface area contributed by atoms with Crippen molar-refractivity contribution in [2.45, 2.75) is 6.54 Å². The maximum Gasteiger partial charge on any atom is 0.235 e. The van der Waals surface area contributed by atoms with Gasteiger partial charge in [0.1, 0.15) is 5.88 Å². The van der Waals surface area contributed by atoms with Gasteiger partial charge in [-0.2, -0.15) is 0 Å². The van der Waals surface area contributed by atoms with E-state index >= 15 is 0 Å². The molecular formula is C10H9ClN2OS. The smallest absolute Gasteiger partial charge is 0.235 e. The monoisotopic (exact) mass is 240 g/mol. The molecule has 0 bridgehead atoms. The van der Waals surface area contributed by atoms with Crippen molar-refractivity contribution >= 4 is 39.1 Å². The summed E-state index contributed by atoms with van der Waals surface area (Å²) in [4.78, 5) is 15.1. The molecule has 0 saturated carbocycles. The summed E-state index contributed by atoms with van der Waals surface area (Å²) in [5.41, 5.74) is 3.86. The maximum atomic E-state index is 10.9. The summed E-state index contributed by atoms with van der Waals surface area (Å²) in [7, 11) is 0. The molecule has 0 radical (unpaired) electrons. The van der Waals surface area contributed by atoms with E-state index in [1.165, 1.54) is 0 Å². The third kappa shape index (κ3) is 2.46. The zero-order chi connectivity index (χ0) is 10.7. The van der Waals surface area contributed by atoms with Crippen molar-refractivity contribution in [3.8, 4) is 0 Å². The number of hydrogen-bond donors (Lipinski definition) is 1. The molecule has 0 atom stereocenters. The Morgan fingerprint density at radius 1 is 1.53 bits per heavy atom. The Bertz CT molecular complexity index is 483. The van der Waals surface area contributed by atoms with Crippen LogP contribution in [-0.2, 0) is 11.3 Å². The normalized spacial score (nSPS) is 10.5. The second-order valence-electron chi connectivity index (χ2n) is 3.06. The Balaban J connectivity index is 2.11. The van der Waals surface area contributed by atoms with Crippen LogP contribution in [0.25, 0.3) is 10.2 Å². The third-order valence-electron chi connectivity index (χ3n) is 2.01. The van der Waals surface area contributed by atoms with Crippen molar-refractivity contribution < 1.29 is 4.79 Å². The van der Waals surface area contributed by atoms with Crippen LogP contribution < -0.4 is 5.32 Å². The van der Waals surface area contributed by atoms with Crippen molar-refractivity contribution in [3.63, 3.8) is 0 Å². The predicted molar refractivity (Wildman–Crippen MR) is 62.2 cm³/mol. The summed E-state index contributed by atoms with van der Waals surface area (Å²) in [6.45, 7) is 0.513. The second kappa shape index (κ2) is 4.59. The zero-order valence-electron chi connectivity index (χ0n) is 7.87. The molecule has 1 heterocycles. The van der Waals surface area contributed by atoms with Crippen LogP contribution in [0.5, 0.6) is 0 Å². The van der Waals surface area contributed by atoms with E-state index in [4.69, 9.17) is 11.6 Å². The molecule has 0 fully saturated rings. The van der Waals surface area contributed by atoms with Gasteiger partial charge in [0.25, 0.3) is 0 Å². The Hall–Kier alpha value is -1.13. The van der Waals surface area contributed by atoms with Crippen LogP contribution in [0.3, 0.4) is 0 Å². The van der Waals surface area contributed by atoms with Crippen LogP contribution in [0.2, 0.25) is 0 Å². The fourth-order valence-electron chi connectivity index (χ4n) is 1.26. The highest BCUT2D eigenvalue weighted by atomic mass is 35.5. The molecular weight excluding hydrogens is 232 g/mol. The van der Waals surface area contributed by atoms with Crippen molar-refractivity contribution in [2.75, 3.05) is 5.88 Å². The van der Waals surface area contributed by atoms with Gasteiger partial charge in [-0.05, 0) is 17.7 Å². The molecule has 15 heavy (non-hydrogen) atoms. The number of halogens is 1. The van der Waals surface area contributed by atoms with Gasteiger partial charge in [0, 0.05) is 6.54 Å². The van der Waals surface area contributed by atoms with Gasteiger partial charge in [0.15, 0.2) is 0 Å². The first-order chi connectivity index (χ1) is 7.29. The zero-order valence-corrected chi connectivity index (χ0v) is 9.44. The highest BCUT2D eigenvalue weighted by Gasteiger charge is 2.01. The first-order valence-corrected chi connectivity index (χ1v) is 5.86. The van der Waals surface area contributed by atoms with E-state index in [0.29, 0.717) is 6.54 Å². The van der Waals surface area contributed by atoms with Crippen LogP contribution in [0.1, 0.15) is 5.56 Å². The van der Waals surface area contributed by atoms with Gasteiger partial charge in [-0.3, -0.25) is 4.79 Å². The Kier molecular flexibility index (Phi) is 3.18. The molecule has 1 N–H and O–H groups in total. The van der Waals surface area contributed by atoms with E-state index in [9.17, 15) is 4.79 Å². The summed E-state index contributed by atoms with van der Waals surface area (Å²) in [6.07, 6.45) is 0. The minimum Gasteiger partial charge on any atom is -0.351 e. The Morgan fingerprint density at radius 2 is 2.40 bits per heavy atom. The van der Waals surface area contributed by atoms with E-state index in [2.05, 4.69) is 10.3 Å². The lowest BCUT2D eigenvalue weighted by Gasteiger charge is -2.02. The lowest BCUT2D eigenvalue weighted by molar-refractivity contribution is -0.118. The van der Waals surface area contributed by atoms with Crippen molar-refractivity contribution in [3.05, 3.63) is 29.3 Å². The number of hydrogen-bond acceptors (Lipinski definition) is 3. The van der Waals surface area contributed by atoms with E-state index in [1.54, 1.807) is 11.3 Å². The van der Waals surface area contributed by atoms with E-state index in [-0.39, 0.29) is 11.8 Å². The van der Waals surface area contributed by atoms with Crippen LogP contribution >= 0.6 is 22.9 Å². The van der Waals surface area contributed by atoms with Gasteiger partial charge in [-0.1, -0.05) is 6.07 Å². The highest BCUT2D eigenvalue weighted by Crippen LogP contribution is 2.18. The first kappa shape index (κ1) is 10.4. The SMILES string of the molecule is O=C(CCl)NCc1ccc2ncsc2c1. The molecule has 78 valence electrons. The molecule has 3 nitrogen and oxygen atoms in total. The summed E-state index contributed by atoms with van der Waals surface area (Å²) in [5, 5.41) is 2.72. The number of rotatable bonds is 3. The summed E-state index contributed by atoms with van der Waals surface area (Å²) in [6, 6.07) is 5.94. The van der Waals surface area contributed by atoms with Gasteiger partial charge in [0.2, 0.25) is 5.91 Å². The summed E-state index contributed by atoms with van der Waals surface area (Å²) < 4.78 is 1.13. The van der Waals surface area contributed by atoms with E-state index < -0.39 is 0 Å². The largest absolute Gasteiger partial charge is 0.351 e.